The molecule has 1 aromatic rings. The molecular weight excluding hydrogens is 240 g/mol. The number of amides is 2. The quantitative estimate of drug-likeness (QED) is 0.697. The summed E-state index contributed by atoms with van der Waals surface area (Å²) in [5.74, 6) is 0.0479. The van der Waals surface area contributed by atoms with Gasteiger partial charge in [-0.2, -0.15) is 0 Å². The van der Waals surface area contributed by atoms with Gasteiger partial charge in [0.1, 0.15) is 11.5 Å². The van der Waals surface area contributed by atoms with Gasteiger partial charge in [0.25, 0.3) is 0 Å². The zero-order valence-corrected chi connectivity index (χ0v) is 10.2. The second-order valence-electron chi connectivity index (χ2n) is 3.89. The molecule has 7 heteroatoms. The molecule has 0 saturated carbocycles. The standard InChI is InChI=1S/C11H16N2O5/c1-7-3-4-8(18-7)5-13(2)11(17)12-9(6-14)10(15)16/h3-4,9,14H,5-6H2,1-2H3,(H,12,17)(H,15,16). The van der Waals surface area contributed by atoms with Crippen LogP contribution in [0.25, 0.3) is 0 Å². The van der Waals surface area contributed by atoms with Gasteiger partial charge in [-0.05, 0) is 19.1 Å². The molecule has 1 aromatic heterocycles. The molecule has 0 aliphatic rings. The molecule has 0 fully saturated rings. The van der Waals surface area contributed by atoms with Crippen LogP contribution in [0.15, 0.2) is 16.5 Å². The number of carbonyl (C=O) groups is 2. The van der Waals surface area contributed by atoms with Crippen LogP contribution < -0.4 is 5.32 Å². The average molecular weight is 256 g/mol. The molecule has 1 unspecified atom stereocenters. The van der Waals surface area contributed by atoms with E-state index in [0.29, 0.717) is 5.76 Å². The van der Waals surface area contributed by atoms with Gasteiger partial charge in [0, 0.05) is 7.05 Å². The van der Waals surface area contributed by atoms with Crippen molar-refractivity contribution in [2.24, 2.45) is 0 Å². The third kappa shape index (κ3) is 3.77. The molecule has 0 saturated heterocycles. The molecule has 7 nitrogen and oxygen atoms in total. The molecule has 1 atom stereocenters. The van der Waals surface area contributed by atoms with E-state index in [1.165, 1.54) is 11.9 Å². The lowest BCUT2D eigenvalue weighted by molar-refractivity contribution is -0.140. The Bertz CT molecular complexity index is 429. The smallest absolute Gasteiger partial charge is 0.328 e. The van der Waals surface area contributed by atoms with Gasteiger partial charge in [-0.3, -0.25) is 0 Å². The number of hydrogen-bond acceptors (Lipinski definition) is 4. The molecule has 0 spiro atoms. The van der Waals surface area contributed by atoms with Crippen LogP contribution in [-0.4, -0.2) is 46.8 Å². The van der Waals surface area contributed by atoms with Crippen LogP contribution in [0.5, 0.6) is 0 Å². The zero-order valence-electron chi connectivity index (χ0n) is 10.2. The fraction of sp³-hybridized carbons (Fsp3) is 0.455. The molecule has 3 N–H and O–H groups in total. The molecule has 1 heterocycles. The fourth-order valence-electron chi connectivity index (χ4n) is 1.32. The number of nitrogens with one attached hydrogen (secondary N) is 1. The predicted molar refractivity (Wildman–Crippen MR) is 62.0 cm³/mol. The van der Waals surface area contributed by atoms with Crippen molar-refractivity contribution in [2.75, 3.05) is 13.7 Å². The van der Waals surface area contributed by atoms with E-state index in [0.717, 1.165) is 5.76 Å². The van der Waals surface area contributed by atoms with Crippen molar-refractivity contribution >= 4 is 12.0 Å². The SMILES string of the molecule is Cc1ccc(CN(C)C(=O)NC(CO)C(=O)O)o1. The van der Waals surface area contributed by atoms with Crippen molar-refractivity contribution in [1.29, 1.82) is 0 Å². The summed E-state index contributed by atoms with van der Waals surface area (Å²) in [4.78, 5) is 23.5. The number of aliphatic carboxylic acids is 1. The highest BCUT2D eigenvalue weighted by Crippen LogP contribution is 2.08. The van der Waals surface area contributed by atoms with Crippen LogP contribution in [-0.2, 0) is 11.3 Å². The maximum Gasteiger partial charge on any atom is 0.328 e. The molecule has 0 aliphatic heterocycles. The van der Waals surface area contributed by atoms with Crippen molar-refractivity contribution in [1.82, 2.24) is 10.2 Å². The second-order valence-corrected chi connectivity index (χ2v) is 3.89. The molecule has 0 bridgehead atoms. The minimum Gasteiger partial charge on any atom is -0.480 e. The predicted octanol–water partition coefficient (Wildman–Crippen LogP) is 0.175. The van der Waals surface area contributed by atoms with E-state index in [9.17, 15) is 9.59 Å². The molecule has 18 heavy (non-hydrogen) atoms. The summed E-state index contributed by atoms with van der Waals surface area (Å²) in [5, 5.41) is 19.7. The van der Waals surface area contributed by atoms with Gasteiger partial charge in [0.05, 0.1) is 13.2 Å². The molecular formula is C11H16N2O5. The third-order valence-corrected chi connectivity index (χ3v) is 2.31. The van der Waals surface area contributed by atoms with Gasteiger partial charge in [-0.15, -0.1) is 0 Å². The second kappa shape index (κ2) is 6.06. The van der Waals surface area contributed by atoms with Gasteiger partial charge < -0.3 is 24.8 Å². The number of urea groups is 1. The normalized spacial score (nSPS) is 11.9. The van der Waals surface area contributed by atoms with Crippen molar-refractivity contribution in [3.8, 4) is 0 Å². The van der Waals surface area contributed by atoms with Gasteiger partial charge >= 0.3 is 12.0 Å². The summed E-state index contributed by atoms with van der Waals surface area (Å²) in [6.45, 7) is 1.35. The molecule has 0 radical (unpaired) electrons. The van der Waals surface area contributed by atoms with Crippen LogP contribution in [0.2, 0.25) is 0 Å². The molecule has 0 aliphatic carbocycles. The van der Waals surface area contributed by atoms with Crippen molar-refractivity contribution in [3.63, 3.8) is 0 Å². The third-order valence-electron chi connectivity index (χ3n) is 2.31. The van der Waals surface area contributed by atoms with E-state index in [-0.39, 0.29) is 6.54 Å². The van der Waals surface area contributed by atoms with E-state index < -0.39 is 24.6 Å². The number of carboxylic acid groups (broad SMARTS) is 1. The number of hydrogen-bond donors (Lipinski definition) is 3. The zero-order chi connectivity index (χ0) is 13.7. The Labute approximate surface area is 104 Å². The number of aryl methyl sites for hydroxylation is 1. The number of rotatable bonds is 5. The van der Waals surface area contributed by atoms with Crippen LogP contribution in [0.4, 0.5) is 4.79 Å². The molecule has 0 aromatic carbocycles. The Hall–Kier alpha value is -2.02. The van der Waals surface area contributed by atoms with E-state index in [4.69, 9.17) is 14.6 Å². The van der Waals surface area contributed by atoms with E-state index in [1.54, 1.807) is 19.1 Å². The van der Waals surface area contributed by atoms with Crippen LogP contribution in [0.1, 0.15) is 11.5 Å². The van der Waals surface area contributed by atoms with Gasteiger partial charge in [-0.1, -0.05) is 0 Å². The van der Waals surface area contributed by atoms with Crippen molar-refractivity contribution < 1.29 is 24.2 Å². The Morgan fingerprint density at radius 3 is 2.61 bits per heavy atom. The number of furan rings is 1. The first-order chi connectivity index (χ1) is 8.43. The summed E-state index contributed by atoms with van der Waals surface area (Å²) in [5.41, 5.74) is 0. The Morgan fingerprint density at radius 1 is 1.50 bits per heavy atom. The van der Waals surface area contributed by atoms with Crippen LogP contribution in [0, 0.1) is 6.92 Å². The minimum atomic E-state index is -1.31. The monoisotopic (exact) mass is 256 g/mol. The molecule has 1 rings (SSSR count). The Balaban J connectivity index is 2.53. The number of carbonyl (C=O) groups excluding carboxylic acids is 1. The highest BCUT2D eigenvalue weighted by atomic mass is 16.4. The van der Waals surface area contributed by atoms with E-state index >= 15 is 0 Å². The number of nitrogens with zero attached hydrogens (tertiary/aromatic N) is 1. The summed E-state index contributed by atoms with van der Waals surface area (Å²) < 4.78 is 5.30. The van der Waals surface area contributed by atoms with Crippen LogP contribution >= 0.6 is 0 Å². The number of carboxylic acids is 1. The Kier molecular flexibility index (Phi) is 4.73. The number of aliphatic hydroxyl groups is 1. The topological polar surface area (TPSA) is 103 Å². The summed E-state index contributed by atoms with van der Waals surface area (Å²) >= 11 is 0. The summed E-state index contributed by atoms with van der Waals surface area (Å²) in [7, 11) is 1.50. The minimum absolute atomic E-state index is 0.220. The highest BCUT2D eigenvalue weighted by Gasteiger charge is 2.21. The summed E-state index contributed by atoms with van der Waals surface area (Å²) in [6, 6.07) is 1.61. The number of aliphatic hydroxyl groups excluding tert-OH is 1. The molecule has 2 amide bonds. The fourth-order valence-corrected chi connectivity index (χ4v) is 1.32. The Morgan fingerprint density at radius 2 is 2.17 bits per heavy atom. The first kappa shape index (κ1) is 14.0. The first-order valence-electron chi connectivity index (χ1n) is 5.34. The van der Waals surface area contributed by atoms with E-state index in [2.05, 4.69) is 5.32 Å². The van der Waals surface area contributed by atoms with Crippen LogP contribution in [0.3, 0.4) is 0 Å². The maximum absolute atomic E-state index is 11.6. The van der Waals surface area contributed by atoms with E-state index in [1.807, 2.05) is 0 Å². The lowest BCUT2D eigenvalue weighted by Crippen LogP contribution is -2.48. The van der Waals surface area contributed by atoms with Crippen molar-refractivity contribution in [3.05, 3.63) is 23.7 Å². The van der Waals surface area contributed by atoms with Gasteiger partial charge in [-0.25, -0.2) is 9.59 Å². The largest absolute Gasteiger partial charge is 0.480 e. The lowest BCUT2D eigenvalue weighted by atomic mass is 10.3. The maximum atomic E-state index is 11.6. The van der Waals surface area contributed by atoms with Crippen molar-refractivity contribution in [2.45, 2.75) is 19.5 Å². The molecule has 100 valence electrons. The summed E-state index contributed by atoms with van der Waals surface area (Å²) in [6.07, 6.45) is 0. The average Bonchev–Trinajstić information content (AvgIpc) is 2.70. The van der Waals surface area contributed by atoms with Gasteiger partial charge in [0.15, 0.2) is 6.04 Å². The van der Waals surface area contributed by atoms with Gasteiger partial charge in [0.2, 0.25) is 0 Å². The lowest BCUT2D eigenvalue weighted by Gasteiger charge is -2.19. The first-order valence-corrected chi connectivity index (χ1v) is 5.34. The highest BCUT2D eigenvalue weighted by molar-refractivity contribution is 5.82.